The van der Waals surface area contributed by atoms with Crippen LogP contribution in [0.15, 0.2) is 0 Å². The summed E-state index contributed by atoms with van der Waals surface area (Å²) in [5, 5.41) is 2.42. The molecule has 0 radical (unpaired) electrons. The normalized spacial score (nSPS) is 15.7. The number of carbonyl (C=O) groups excluding carboxylic acids is 2. The van der Waals surface area contributed by atoms with Crippen molar-refractivity contribution in [2.45, 2.75) is 39.5 Å². The minimum absolute atomic E-state index is 0.440. The summed E-state index contributed by atoms with van der Waals surface area (Å²) in [6.45, 7) is 7.11. The van der Waals surface area contributed by atoms with Crippen LogP contribution in [-0.4, -0.2) is 24.1 Å². The first-order valence-corrected chi connectivity index (χ1v) is 4.45. The molecule has 0 aliphatic rings. The SMILES string of the molecule is CC(C(N)=O)C(NC=O)OC(C)(C)C. The average molecular weight is 202 g/mol. The highest BCUT2D eigenvalue weighted by atomic mass is 16.5. The van der Waals surface area contributed by atoms with Crippen molar-refractivity contribution in [2.75, 3.05) is 0 Å². The molecule has 82 valence electrons. The van der Waals surface area contributed by atoms with Crippen LogP contribution < -0.4 is 11.1 Å². The fourth-order valence-corrected chi connectivity index (χ4v) is 0.878. The van der Waals surface area contributed by atoms with E-state index >= 15 is 0 Å². The van der Waals surface area contributed by atoms with Crippen molar-refractivity contribution in [1.82, 2.24) is 5.32 Å². The number of hydrogen-bond donors (Lipinski definition) is 2. The van der Waals surface area contributed by atoms with Gasteiger partial charge in [0.05, 0.1) is 11.5 Å². The van der Waals surface area contributed by atoms with Gasteiger partial charge in [-0.3, -0.25) is 9.59 Å². The van der Waals surface area contributed by atoms with Crippen LogP contribution in [0.25, 0.3) is 0 Å². The molecule has 0 fully saturated rings. The smallest absolute Gasteiger partial charge is 0.224 e. The summed E-state index contributed by atoms with van der Waals surface area (Å²) in [5.41, 5.74) is 4.67. The van der Waals surface area contributed by atoms with Gasteiger partial charge in [0.15, 0.2) is 0 Å². The van der Waals surface area contributed by atoms with E-state index in [2.05, 4.69) is 5.32 Å². The second kappa shape index (κ2) is 4.95. The molecule has 2 atom stereocenters. The first kappa shape index (κ1) is 12.9. The lowest BCUT2D eigenvalue weighted by Gasteiger charge is -2.29. The zero-order valence-corrected chi connectivity index (χ0v) is 9.03. The van der Waals surface area contributed by atoms with E-state index in [1.54, 1.807) is 6.92 Å². The molecule has 0 aromatic heterocycles. The predicted molar refractivity (Wildman–Crippen MR) is 52.2 cm³/mol. The third-order valence-electron chi connectivity index (χ3n) is 1.62. The molecule has 0 spiro atoms. The summed E-state index contributed by atoms with van der Waals surface area (Å²) in [7, 11) is 0. The quantitative estimate of drug-likeness (QED) is 0.486. The molecule has 0 aromatic rings. The molecule has 5 nitrogen and oxygen atoms in total. The maximum absolute atomic E-state index is 10.9. The molecule has 0 saturated heterocycles. The number of hydrogen-bond acceptors (Lipinski definition) is 3. The van der Waals surface area contributed by atoms with Crippen molar-refractivity contribution < 1.29 is 14.3 Å². The summed E-state index contributed by atoms with van der Waals surface area (Å²) in [5.74, 6) is -1.06. The highest BCUT2D eigenvalue weighted by Crippen LogP contribution is 2.14. The first-order chi connectivity index (χ1) is 6.28. The third-order valence-corrected chi connectivity index (χ3v) is 1.62. The fraction of sp³-hybridized carbons (Fsp3) is 0.778. The molecule has 14 heavy (non-hydrogen) atoms. The van der Waals surface area contributed by atoms with Gasteiger partial charge in [-0.05, 0) is 27.7 Å². The zero-order chi connectivity index (χ0) is 11.4. The van der Waals surface area contributed by atoms with Crippen LogP contribution >= 0.6 is 0 Å². The summed E-state index contributed by atoms with van der Waals surface area (Å²) in [4.78, 5) is 21.2. The van der Waals surface area contributed by atoms with Crippen molar-refractivity contribution in [1.29, 1.82) is 0 Å². The van der Waals surface area contributed by atoms with Crippen LogP contribution in [0.3, 0.4) is 0 Å². The average Bonchev–Trinajstić information content (AvgIpc) is 1.99. The van der Waals surface area contributed by atoms with Crippen molar-refractivity contribution in [2.24, 2.45) is 11.7 Å². The van der Waals surface area contributed by atoms with E-state index in [4.69, 9.17) is 10.5 Å². The minimum Gasteiger partial charge on any atom is -0.369 e. The van der Waals surface area contributed by atoms with Gasteiger partial charge in [0.1, 0.15) is 6.23 Å². The molecule has 0 rings (SSSR count). The molecule has 2 amide bonds. The standard InChI is InChI=1S/C9H18N2O3/c1-6(7(10)13)8(11-5-12)14-9(2,3)4/h5-6,8H,1-4H3,(H2,10,13)(H,11,12). The lowest BCUT2D eigenvalue weighted by Crippen LogP contribution is -2.46. The van der Waals surface area contributed by atoms with Crippen LogP contribution in [0.4, 0.5) is 0 Å². The molecule has 0 aromatic carbocycles. The van der Waals surface area contributed by atoms with E-state index in [1.807, 2.05) is 20.8 Å². The molecule has 3 N–H and O–H groups in total. The minimum atomic E-state index is -0.676. The van der Waals surface area contributed by atoms with Crippen LogP contribution in [0.1, 0.15) is 27.7 Å². The highest BCUT2D eigenvalue weighted by molar-refractivity contribution is 5.77. The van der Waals surface area contributed by atoms with Crippen LogP contribution in [0, 0.1) is 5.92 Å². The summed E-state index contributed by atoms with van der Waals surface area (Å²) in [6, 6.07) is 0. The van der Waals surface area contributed by atoms with Crippen molar-refractivity contribution >= 4 is 12.3 Å². The number of nitrogens with one attached hydrogen (secondary N) is 1. The molecule has 5 heteroatoms. The van der Waals surface area contributed by atoms with Gasteiger partial charge < -0.3 is 15.8 Å². The molecule has 0 heterocycles. The van der Waals surface area contributed by atoms with Crippen LogP contribution in [-0.2, 0) is 14.3 Å². The van der Waals surface area contributed by atoms with Crippen LogP contribution in [0.2, 0.25) is 0 Å². The zero-order valence-electron chi connectivity index (χ0n) is 9.03. The number of rotatable bonds is 5. The lowest BCUT2D eigenvalue weighted by atomic mass is 10.1. The van der Waals surface area contributed by atoms with E-state index in [9.17, 15) is 9.59 Å². The van der Waals surface area contributed by atoms with E-state index in [0.717, 1.165) is 0 Å². The monoisotopic (exact) mass is 202 g/mol. The molecule has 0 aliphatic carbocycles. The molecule has 0 bridgehead atoms. The van der Waals surface area contributed by atoms with E-state index in [1.165, 1.54) is 0 Å². The number of ether oxygens (including phenoxy) is 1. The van der Waals surface area contributed by atoms with Crippen molar-refractivity contribution in [3.05, 3.63) is 0 Å². The van der Waals surface area contributed by atoms with Gasteiger partial charge in [-0.1, -0.05) is 0 Å². The Morgan fingerprint density at radius 2 is 2.00 bits per heavy atom. The number of amides is 2. The topological polar surface area (TPSA) is 81.4 Å². The van der Waals surface area contributed by atoms with E-state index in [0.29, 0.717) is 6.41 Å². The maximum Gasteiger partial charge on any atom is 0.224 e. The molecule has 2 unspecified atom stereocenters. The van der Waals surface area contributed by atoms with Gasteiger partial charge >= 0.3 is 0 Å². The van der Waals surface area contributed by atoms with Gasteiger partial charge in [0, 0.05) is 0 Å². The predicted octanol–water partition coefficient (Wildman–Crippen LogP) is -0.00500. The van der Waals surface area contributed by atoms with Crippen LogP contribution in [0.5, 0.6) is 0 Å². The Bertz CT molecular complexity index is 211. The van der Waals surface area contributed by atoms with Gasteiger partial charge in [0.2, 0.25) is 12.3 Å². The Kier molecular flexibility index (Phi) is 4.56. The Balaban J connectivity index is 4.43. The second-order valence-corrected chi connectivity index (χ2v) is 4.13. The number of primary amides is 1. The van der Waals surface area contributed by atoms with Crippen molar-refractivity contribution in [3.8, 4) is 0 Å². The van der Waals surface area contributed by atoms with E-state index < -0.39 is 23.7 Å². The van der Waals surface area contributed by atoms with Crippen molar-refractivity contribution in [3.63, 3.8) is 0 Å². The summed E-state index contributed by atoms with van der Waals surface area (Å²) < 4.78 is 5.46. The highest BCUT2D eigenvalue weighted by Gasteiger charge is 2.26. The van der Waals surface area contributed by atoms with Gasteiger partial charge in [-0.2, -0.15) is 0 Å². The Morgan fingerprint density at radius 1 is 1.50 bits per heavy atom. The molecular formula is C9H18N2O3. The van der Waals surface area contributed by atoms with E-state index in [-0.39, 0.29) is 0 Å². The van der Waals surface area contributed by atoms with Gasteiger partial charge in [0.25, 0.3) is 0 Å². The molecular weight excluding hydrogens is 184 g/mol. The third kappa shape index (κ3) is 4.81. The Morgan fingerprint density at radius 3 is 2.29 bits per heavy atom. The maximum atomic E-state index is 10.9. The van der Waals surface area contributed by atoms with Gasteiger partial charge in [-0.15, -0.1) is 0 Å². The lowest BCUT2D eigenvalue weighted by molar-refractivity contribution is -0.139. The number of nitrogens with two attached hydrogens (primary N) is 1. The molecule has 0 aliphatic heterocycles. The largest absolute Gasteiger partial charge is 0.369 e. The summed E-state index contributed by atoms with van der Waals surface area (Å²) in [6.07, 6.45) is -0.180. The first-order valence-electron chi connectivity index (χ1n) is 4.45. The number of carbonyl (C=O) groups is 2. The summed E-state index contributed by atoms with van der Waals surface area (Å²) >= 11 is 0. The Hall–Kier alpha value is -1.10. The fourth-order valence-electron chi connectivity index (χ4n) is 0.878. The Labute approximate surface area is 84.0 Å². The second-order valence-electron chi connectivity index (χ2n) is 4.13. The van der Waals surface area contributed by atoms with Gasteiger partial charge in [-0.25, -0.2) is 0 Å². The molecule has 0 saturated carbocycles.